The van der Waals surface area contributed by atoms with Crippen LogP contribution in [-0.2, 0) is 9.59 Å². The molecule has 1 N–H and O–H groups in total. The normalized spacial score (nSPS) is 15.4. The molecule has 3 heterocycles. The summed E-state index contributed by atoms with van der Waals surface area (Å²) in [5, 5.41) is 17.9. The van der Waals surface area contributed by atoms with Gasteiger partial charge in [-0.3, -0.25) is 9.59 Å². The molecule has 0 saturated carbocycles. The number of furan rings is 1. The largest absolute Gasteiger partial charge is 0.550 e. The van der Waals surface area contributed by atoms with E-state index in [1.807, 2.05) is 30.3 Å². The van der Waals surface area contributed by atoms with Gasteiger partial charge in [0, 0.05) is 40.3 Å². The third-order valence-electron chi connectivity index (χ3n) is 5.91. The second-order valence-electron chi connectivity index (χ2n) is 8.15. The lowest BCUT2D eigenvalue weighted by Gasteiger charge is -2.19. The highest BCUT2D eigenvalue weighted by molar-refractivity contribution is 6.31. The first kappa shape index (κ1) is 22.6. The van der Waals surface area contributed by atoms with Gasteiger partial charge < -0.3 is 19.3 Å². The van der Waals surface area contributed by atoms with Crippen LogP contribution in [0.1, 0.15) is 36.6 Å². The van der Waals surface area contributed by atoms with Crippen molar-refractivity contribution in [1.29, 1.82) is 0 Å². The number of aromatic nitrogens is 1. The van der Waals surface area contributed by atoms with Crippen LogP contribution in [0.25, 0.3) is 22.0 Å². The first-order valence-corrected chi connectivity index (χ1v) is 11.3. The number of hydrogen-bond acceptors (Lipinski definition) is 6. The molecule has 1 atom stereocenters. The number of hydrazone groups is 1. The monoisotopic (exact) mass is 488 g/mol. The van der Waals surface area contributed by atoms with Crippen molar-refractivity contribution < 1.29 is 19.1 Å². The zero-order chi connectivity index (χ0) is 24.5. The lowest BCUT2D eigenvalue weighted by atomic mass is 9.92. The van der Waals surface area contributed by atoms with Gasteiger partial charge in [0.15, 0.2) is 0 Å². The van der Waals surface area contributed by atoms with Crippen molar-refractivity contribution in [3.63, 3.8) is 0 Å². The maximum Gasteiger partial charge on any atom is 0.258 e. The molecule has 176 valence electrons. The van der Waals surface area contributed by atoms with Crippen LogP contribution < -0.4 is 10.7 Å². The van der Waals surface area contributed by atoms with Crippen LogP contribution in [0.15, 0.2) is 81.2 Å². The molecule has 0 aliphatic carbocycles. The lowest BCUT2D eigenvalue weighted by molar-refractivity contribution is -0.305. The molecule has 0 radical (unpaired) electrons. The Kier molecular flexibility index (Phi) is 5.96. The van der Waals surface area contributed by atoms with E-state index in [0.29, 0.717) is 33.1 Å². The lowest BCUT2D eigenvalue weighted by Crippen LogP contribution is -2.29. The van der Waals surface area contributed by atoms with Gasteiger partial charge in [-0.05, 0) is 42.3 Å². The Morgan fingerprint density at radius 3 is 2.60 bits per heavy atom. The standard InChI is InChI=1S/C26H20ClN3O5/c27-16-8-9-18-17(13-16)24(15-5-2-1-3-6-15)25(26(34)28-18)19-14-20(21-7-4-12-35-21)30(29-19)22(31)10-11-23(32)33/h1-9,12-13,20H,10-11,14H2,(H,28,34)(H,32,33)/p-1/t20-/m0/s1. The van der Waals surface area contributed by atoms with Gasteiger partial charge in [0.25, 0.3) is 5.56 Å². The van der Waals surface area contributed by atoms with E-state index in [2.05, 4.69) is 10.1 Å². The summed E-state index contributed by atoms with van der Waals surface area (Å²) in [5.74, 6) is -1.36. The van der Waals surface area contributed by atoms with Crippen LogP contribution in [0.3, 0.4) is 0 Å². The number of halogens is 1. The second kappa shape index (κ2) is 9.23. The fraction of sp³-hybridized carbons (Fsp3) is 0.154. The minimum Gasteiger partial charge on any atom is -0.550 e. The van der Waals surface area contributed by atoms with Crippen molar-refractivity contribution in [2.75, 3.05) is 0 Å². The number of hydrogen-bond donors (Lipinski definition) is 1. The van der Waals surface area contributed by atoms with E-state index in [9.17, 15) is 19.5 Å². The fourth-order valence-corrected chi connectivity index (χ4v) is 4.53. The van der Waals surface area contributed by atoms with Gasteiger partial charge in [0.05, 0.1) is 17.5 Å². The number of carboxylic acids is 1. The van der Waals surface area contributed by atoms with Crippen LogP contribution >= 0.6 is 11.6 Å². The summed E-state index contributed by atoms with van der Waals surface area (Å²) in [5.41, 5.74) is 2.39. The van der Waals surface area contributed by atoms with E-state index in [4.69, 9.17) is 16.0 Å². The molecule has 8 nitrogen and oxygen atoms in total. The summed E-state index contributed by atoms with van der Waals surface area (Å²) >= 11 is 6.31. The van der Waals surface area contributed by atoms with Crippen LogP contribution in [0.2, 0.25) is 5.02 Å². The number of carbonyl (C=O) groups is 2. The molecule has 0 bridgehead atoms. The number of aliphatic carboxylic acids is 1. The van der Waals surface area contributed by atoms with Crippen molar-refractivity contribution in [3.8, 4) is 11.1 Å². The number of fused-ring (bicyclic) bond motifs is 1. The minimum atomic E-state index is -1.33. The predicted octanol–water partition coefficient (Wildman–Crippen LogP) is 3.65. The van der Waals surface area contributed by atoms with Crippen molar-refractivity contribution >= 4 is 40.1 Å². The van der Waals surface area contributed by atoms with Gasteiger partial charge >= 0.3 is 0 Å². The summed E-state index contributed by atoms with van der Waals surface area (Å²) in [7, 11) is 0. The summed E-state index contributed by atoms with van der Waals surface area (Å²) < 4.78 is 5.54. The van der Waals surface area contributed by atoms with Gasteiger partial charge in [-0.15, -0.1) is 0 Å². The number of benzene rings is 2. The molecule has 0 fully saturated rings. The minimum absolute atomic E-state index is 0.208. The highest BCUT2D eigenvalue weighted by Crippen LogP contribution is 2.37. The predicted molar refractivity (Wildman–Crippen MR) is 129 cm³/mol. The van der Waals surface area contributed by atoms with E-state index in [-0.39, 0.29) is 18.4 Å². The van der Waals surface area contributed by atoms with Crippen molar-refractivity contribution in [2.24, 2.45) is 5.10 Å². The third-order valence-corrected chi connectivity index (χ3v) is 6.14. The number of carbonyl (C=O) groups excluding carboxylic acids is 2. The number of pyridine rings is 1. The molecule has 9 heteroatoms. The van der Waals surface area contributed by atoms with E-state index in [1.165, 1.54) is 11.3 Å². The molecule has 5 rings (SSSR count). The molecule has 0 spiro atoms. The van der Waals surface area contributed by atoms with Crippen molar-refractivity contribution in [2.45, 2.75) is 25.3 Å². The van der Waals surface area contributed by atoms with E-state index < -0.39 is 24.3 Å². The summed E-state index contributed by atoms with van der Waals surface area (Å²) in [6, 6.07) is 17.4. The summed E-state index contributed by atoms with van der Waals surface area (Å²) in [6.45, 7) is 0. The Balaban J connectivity index is 1.70. The molecule has 0 unspecified atom stereocenters. The SMILES string of the molecule is O=C([O-])CCC(=O)N1N=C(c2c(-c3ccccc3)c3cc(Cl)ccc3[nH]c2=O)C[C@H]1c1ccco1. The maximum atomic E-state index is 13.4. The summed E-state index contributed by atoms with van der Waals surface area (Å²) in [6.07, 6.45) is 0.970. The molecule has 0 saturated heterocycles. The van der Waals surface area contributed by atoms with Gasteiger partial charge in [0.2, 0.25) is 5.91 Å². The first-order chi connectivity index (χ1) is 16.9. The molecule has 1 amide bonds. The van der Waals surface area contributed by atoms with Gasteiger partial charge in [-0.2, -0.15) is 5.10 Å². The average Bonchev–Trinajstić information content (AvgIpc) is 3.53. The number of nitrogens with zero attached hydrogens (tertiary/aromatic N) is 2. The second-order valence-corrected chi connectivity index (χ2v) is 8.59. The molecule has 2 aromatic heterocycles. The molecule has 35 heavy (non-hydrogen) atoms. The van der Waals surface area contributed by atoms with Crippen LogP contribution in [0, 0.1) is 0 Å². The Morgan fingerprint density at radius 2 is 1.89 bits per heavy atom. The Hall–Kier alpha value is -4.17. The number of carboxylic acid groups (broad SMARTS) is 1. The van der Waals surface area contributed by atoms with E-state index in [1.54, 1.807) is 30.3 Å². The molecule has 1 aliphatic rings. The first-order valence-electron chi connectivity index (χ1n) is 11.0. The Morgan fingerprint density at radius 1 is 1.09 bits per heavy atom. The maximum absolute atomic E-state index is 13.4. The van der Waals surface area contributed by atoms with Crippen LogP contribution in [-0.4, -0.2) is 27.6 Å². The Bertz CT molecular complexity index is 1510. The van der Waals surface area contributed by atoms with E-state index >= 15 is 0 Å². The average molecular weight is 489 g/mol. The molecule has 4 aromatic rings. The highest BCUT2D eigenvalue weighted by atomic mass is 35.5. The smallest absolute Gasteiger partial charge is 0.258 e. The highest BCUT2D eigenvalue weighted by Gasteiger charge is 2.36. The van der Waals surface area contributed by atoms with Crippen molar-refractivity contribution in [3.05, 3.63) is 93.6 Å². The zero-order valence-electron chi connectivity index (χ0n) is 18.4. The third kappa shape index (κ3) is 4.36. The fourth-order valence-electron chi connectivity index (χ4n) is 4.36. The zero-order valence-corrected chi connectivity index (χ0v) is 19.1. The molecular formula is C26H19ClN3O5-. The number of nitrogens with one attached hydrogen (secondary N) is 1. The quantitative estimate of drug-likeness (QED) is 0.444. The Labute approximate surface area is 204 Å². The number of amides is 1. The van der Waals surface area contributed by atoms with Gasteiger partial charge in [-0.1, -0.05) is 41.9 Å². The molecule has 2 aromatic carbocycles. The molecule has 1 aliphatic heterocycles. The number of H-pyrrole nitrogens is 1. The van der Waals surface area contributed by atoms with Crippen molar-refractivity contribution in [1.82, 2.24) is 9.99 Å². The summed E-state index contributed by atoms with van der Waals surface area (Å²) in [4.78, 5) is 40.1. The van der Waals surface area contributed by atoms with E-state index in [0.717, 1.165) is 10.9 Å². The van der Waals surface area contributed by atoms with Gasteiger partial charge in [-0.25, -0.2) is 5.01 Å². The molecular weight excluding hydrogens is 470 g/mol. The number of rotatable bonds is 6. The van der Waals surface area contributed by atoms with Crippen LogP contribution in [0.4, 0.5) is 0 Å². The van der Waals surface area contributed by atoms with Gasteiger partial charge in [0.1, 0.15) is 11.8 Å². The topological polar surface area (TPSA) is 119 Å². The number of aromatic amines is 1. The van der Waals surface area contributed by atoms with Crippen LogP contribution in [0.5, 0.6) is 0 Å².